The van der Waals surface area contributed by atoms with Gasteiger partial charge >= 0.3 is 0 Å². The lowest BCUT2D eigenvalue weighted by Crippen LogP contribution is -1.94. The second-order valence-corrected chi connectivity index (χ2v) is 8.57. The number of aryl methyl sites for hydroxylation is 1. The van der Waals surface area contributed by atoms with Crippen molar-refractivity contribution in [1.29, 1.82) is 0 Å². The van der Waals surface area contributed by atoms with E-state index in [1.165, 1.54) is 21.2 Å². The largest absolute Gasteiger partial charge is 0.218 e. The van der Waals surface area contributed by atoms with Gasteiger partial charge in [0.2, 0.25) is 7.01 Å². The van der Waals surface area contributed by atoms with E-state index in [0.29, 0.717) is 5.02 Å². The summed E-state index contributed by atoms with van der Waals surface area (Å²) in [5.41, 5.74) is 1.68. The normalized spacial score (nSPS) is 11.6. The van der Waals surface area contributed by atoms with Crippen LogP contribution in [0, 0.1) is 6.92 Å². The first-order valence-electron chi connectivity index (χ1n) is 3.56. The second kappa shape index (κ2) is 4.14. The minimum Gasteiger partial charge on any atom is -0.218 e. The molecule has 0 bridgehead atoms. The highest BCUT2D eigenvalue weighted by molar-refractivity contribution is 14.2. The van der Waals surface area contributed by atoms with Crippen LogP contribution in [0.2, 0.25) is 5.02 Å². The second-order valence-electron chi connectivity index (χ2n) is 2.77. The molecular formula is C8H8ClIO2S. The van der Waals surface area contributed by atoms with Gasteiger partial charge in [-0.05, 0) is 24.1 Å². The minimum atomic E-state index is -3.00. The molecule has 0 aliphatic rings. The summed E-state index contributed by atoms with van der Waals surface area (Å²) >= 11 is 7.28. The van der Waals surface area contributed by atoms with Gasteiger partial charge in [-0.1, -0.05) is 23.7 Å². The smallest absolute Gasteiger partial charge is 0.207 e. The Morgan fingerprint density at radius 3 is 2.54 bits per heavy atom. The fourth-order valence-electron chi connectivity index (χ4n) is 0.925. The van der Waals surface area contributed by atoms with Crippen molar-refractivity contribution in [1.82, 2.24) is 0 Å². The average Bonchev–Trinajstić information content (AvgIpc) is 1.94. The molecule has 5 heteroatoms. The first-order valence-corrected chi connectivity index (χ1v) is 8.13. The zero-order valence-electron chi connectivity index (χ0n) is 6.92. The number of hydrogen-bond acceptors (Lipinski definition) is 2. The first-order chi connectivity index (χ1) is 5.88. The molecular weight excluding hydrogens is 323 g/mol. The molecule has 0 spiro atoms. The van der Waals surface area contributed by atoms with Gasteiger partial charge in [0.1, 0.15) is 0 Å². The minimum absolute atomic E-state index is 0.0353. The van der Waals surface area contributed by atoms with Gasteiger partial charge in [0.05, 0.1) is 27.0 Å². The van der Waals surface area contributed by atoms with Crippen LogP contribution in [0.1, 0.15) is 11.1 Å². The van der Waals surface area contributed by atoms with E-state index in [0.717, 1.165) is 11.1 Å². The van der Waals surface area contributed by atoms with Gasteiger partial charge in [0.25, 0.3) is 0 Å². The van der Waals surface area contributed by atoms with Crippen molar-refractivity contribution < 1.29 is 8.42 Å². The lowest BCUT2D eigenvalue weighted by atomic mass is 10.2. The van der Waals surface area contributed by atoms with E-state index in [9.17, 15) is 8.42 Å². The van der Waals surface area contributed by atoms with E-state index in [1.807, 2.05) is 13.0 Å². The average molecular weight is 331 g/mol. The van der Waals surface area contributed by atoms with Gasteiger partial charge in [-0.15, -0.1) is 0 Å². The molecule has 0 aromatic heterocycles. The summed E-state index contributed by atoms with van der Waals surface area (Å²) in [6.07, 6.45) is 0. The number of hydrogen-bond donors (Lipinski definition) is 0. The zero-order valence-corrected chi connectivity index (χ0v) is 10.6. The van der Waals surface area contributed by atoms with Crippen LogP contribution in [0.3, 0.4) is 0 Å². The fraction of sp³-hybridized carbons (Fsp3) is 0.250. The molecule has 0 N–H and O–H groups in total. The Labute approximate surface area is 94.8 Å². The van der Waals surface area contributed by atoms with E-state index in [4.69, 9.17) is 11.6 Å². The van der Waals surface area contributed by atoms with Crippen molar-refractivity contribution in [3.8, 4) is 0 Å². The number of halogens is 2. The summed E-state index contributed by atoms with van der Waals surface area (Å²) in [6, 6.07) is 5.28. The first kappa shape index (κ1) is 11.3. The molecule has 0 saturated heterocycles. The highest BCUT2D eigenvalue weighted by atomic mass is 127. The molecule has 0 amide bonds. The van der Waals surface area contributed by atoms with Crippen molar-refractivity contribution >= 4 is 39.8 Å². The number of rotatable bonds is 2. The van der Waals surface area contributed by atoms with Gasteiger partial charge < -0.3 is 0 Å². The van der Waals surface area contributed by atoms with Gasteiger partial charge in [-0.25, -0.2) is 8.42 Å². The van der Waals surface area contributed by atoms with Crippen LogP contribution < -0.4 is 0 Å². The zero-order chi connectivity index (χ0) is 10.1. The standard InChI is InChI=1S/C8H8ClIO2S/c1-6-2-3-7(4-8(6)9)5-13(10,11)12/h2-4H,5H2,1H3. The highest BCUT2D eigenvalue weighted by Crippen LogP contribution is 2.19. The molecule has 0 fully saturated rings. The third-order valence-electron chi connectivity index (χ3n) is 1.58. The Morgan fingerprint density at radius 1 is 1.46 bits per heavy atom. The van der Waals surface area contributed by atoms with E-state index < -0.39 is 7.01 Å². The van der Waals surface area contributed by atoms with Gasteiger partial charge in [0.15, 0.2) is 0 Å². The Kier molecular flexibility index (Phi) is 3.59. The van der Waals surface area contributed by atoms with Crippen molar-refractivity contribution in [2.24, 2.45) is 0 Å². The molecule has 0 atom stereocenters. The molecule has 0 saturated carbocycles. The molecule has 72 valence electrons. The summed E-state index contributed by atoms with van der Waals surface area (Å²) < 4.78 is 21.9. The third-order valence-corrected chi connectivity index (χ3v) is 3.59. The van der Waals surface area contributed by atoms with Gasteiger partial charge in [-0.3, -0.25) is 0 Å². The summed E-state index contributed by atoms with van der Waals surface area (Å²) in [5.74, 6) is 0.0353. The molecule has 0 heterocycles. The van der Waals surface area contributed by atoms with Crippen molar-refractivity contribution in [3.63, 3.8) is 0 Å². The summed E-state index contributed by atoms with van der Waals surface area (Å²) in [7, 11) is -3.00. The maximum Gasteiger partial charge on any atom is 0.207 e. The van der Waals surface area contributed by atoms with Crippen molar-refractivity contribution in [2.45, 2.75) is 12.7 Å². The predicted molar refractivity (Wildman–Crippen MR) is 62.8 cm³/mol. The molecule has 0 aliphatic heterocycles. The van der Waals surface area contributed by atoms with Crippen molar-refractivity contribution in [3.05, 3.63) is 34.3 Å². The summed E-state index contributed by atoms with van der Waals surface area (Å²) in [5, 5.41) is 0.609. The Hall–Kier alpha value is 0.190. The molecule has 1 aromatic carbocycles. The van der Waals surface area contributed by atoms with Crippen LogP contribution in [0.5, 0.6) is 0 Å². The van der Waals surface area contributed by atoms with Crippen LogP contribution >= 0.6 is 32.8 Å². The van der Waals surface area contributed by atoms with E-state index in [2.05, 4.69) is 0 Å². The molecule has 0 radical (unpaired) electrons. The fourth-order valence-corrected chi connectivity index (χ4v) is 2.78. The van der Waals surface area contributed by atoms with E-state index in [-0.39, 0.29) is 5.75 Å². The molecule has 0 unspecified atom stereocenters. The van der Waals surface area contributed by atoms with E-state index >= 15 is 0 Å². The number of benzene rings is 1. The van der Waals surface area contributed by atoms with Gasteiger partial charge in [-0.2, -0.15) is 0 Å². The predicted octanol–water partition coefficient (Wildman–Crippen LogP) is 2.91. The topological polar surface area (TPSA) is 34.1 Å². The van der Waals surface area contributed by atoms with Crippen molar-refractivity contribution in [2.75, 3.05) is 0 Å². The summed E-state index contributed by atoms with van der Waals surface area (Å²) in [4.78, 5) is 0. The highest BCUT2D eigenvalue weighted by Gasteiger charge is 2.07. The Bertz CT molecular complexity index is 414. The van der Waals surface area contributed by atoms with Crippen LogP contribution in [0.15, 0.2) is 18.2 Å². The monoisotopic (exact) mass is 330 g/mol. The van der Waals surface area contributed by atoms with Crippen LogP contribution in [-0.4, -0.2) is 8.42 Å². The maximum atomic E-state index is 10.9. The van der Waals surface area contributed by atoms with E-state index in [1.54, 1.807) is 12.1 Å². The third kappa shape index (κ3) is 3.83. The van der Waals surface area contributed by atoms with Crippen LogP contribution in [0.25, 0.3) is 0 Å². The lowest BCUT2D eigenvalue weighted by molar-refractivity contribution is 0.612. The molecule has 13 heavy (non-hydrogen) atoms. The SMILES string of the molecule is Cc1ccc(CS(=O)(=O)I)cc1Cl. The quantitative estimate of drug-likeness (QED) is 0.617. The molecule has 0 aliphatic carbocycles. The van der Waals surface area contributed by atoms with Gasteiger partial charge in [0, 0.05) is 5.02 Å². The van der Waals surface area contributed by atoms with Crippen LogP contribution in [0.4, 0.5) is 0 Å². The summed E-state index contributed by atoms with van der Waals surface area (Å²) in [6.45, 7) is 1.88. The molecule has 1 rings (SSSR count). The molecule has 1 aromatic rings. The Balaban J connectivity index is 2.99. The van der Waals surface area contributed by atoms with Crippen LogP contribution in [-0.2, 0) is 12.8 Å². The maximum absolute atomic E-state index is 10.9. The lowest BCUT2D eigenvalue weighted by Gasteiger charge is -2.01. The Morgan fingerprint density at radius 2 is 2.08 bits per heavy atom. The molecule has 2 nitrogen and oxygen atoms in total.